The highest BCUT2D eigenvalue weighted by Gasteiger charge is 2.11. The normalized spacial score (nSPS) is 14.2. The van der Waals surface area contributed by atoms with Crippen LogP contribution in [0.3, 0.4) is 0 Å². The Labute approximate surface area is 173 Å². The molecule has 2 aliphatic rings. The second kappa shape index (κ2) is 10.6. The molecule has 3 N–H and O–H groups in total. The number of aromatic hydroxyl groups is 3. The standard InChI is InChI=1S/2C10H12O.C6H6O/c11-10-7-3-5-8-4-1-2-6-9(8)10;11-10-6-5-8-3-1-2-4-9(8)7-10;7-6-4-2-1-3-5-6/h3,5,7,11H,1-2,4,6H2;5-7,11H,1-4H2;1-5,7H. The minimum absolute atomic E-state index is 0.322. The van der Waals surface area contributed by atoms with Crippen molar-refractivity contribution in [1.82, 2.24) is 0 Å². The van der Waals surface area contributed by atoms with Crippen LogP contribution in [0.2, 0.25) is 0 Å². The number of aryl methyl sites for hydroxylation is 3. The molecule has 0 heterocycles. The first kappa shape index (κ1) is 20.8. The van der Waals surface area contributed by atoms with Crippen LogP contribution in [0, 0.1) is 0 Å². The quantitative estimate of drug-likeness (QED) is 0.445. The monoisotopic (exact) mass is 390 g/mol. The van der Waals surface area contributed by atoms with Crippen LogP contribution >= 0.6 is 0 Å². The van der Waals surface area contributed by atoms with Crippen molar-refractivity contribution in [3.05, 3.63) is 89.0 Å². The molecule has 3 heteroatoms. The third-order valence-electron chi connectivity index (χ3n) is 5.46. The lowest BCUT2D eigenvalue weighted by Gasteiger charge is -2.15. The predicted molar refractivity (Wildman–Crippen MR) is 118 cm³/mol. The maximum atomic E-state index is 9.46. The molecule has 29 heavy (non-hydrogen) atoms. The maximum Gasteiger partial charge on any atom is 0.119 e. The molecule has 0 radical (unpaired) electrons. The summed E-state index contributed by atoms with van der Waals surface area (Å²) < 4.78 is 0. The average molecular weight is 391 g/mol. The molecule has 0 spiro atoms. The number of benzene rings is 3. The van der Waals surface area contributed by atoms with Crippen molar-refractivity contribution in [2.45, 2.75) is 51.4 Å². The SMILES string of the molecule is Oc1ccc2c(c1)CCCC2.Oc1cccc2c1CCCC2.Oc1ccccc1. The number of phenols is 3. The zero-order valence-corrected chi connectivity index (χ0v) is 16.8. The summed E-state index contributed by atoms with van der Waals surface area (Å²) in [6.07, 6.45) is 9.61. The molecule has 3 aromatic carbocycles. The van der Waals surface area contributed by atoms with E-state index in [9.17, 15) is 10.2 Å². The number of phenolic OH excluding ortho intramolecular Hbond substituents is 3. The van der Waals surface area contributed by atoms with Crippen LogP contribution in [-0.4, -0.2) is 15.3 Å². The van der Waals surface area contributed by atoms with Crippen LogP contribution in [0.4, 0.5) is 0 Å². The van der Waals surface area contributed by atoms with Crippen molar-refractivity contribution in [3.8, 4) is 17.2 Å². The van der Waals surface area contributed by atoms with Crippen molar-refractivity contribution < 1.29 is 15.3 Å². The van der Waals surface area contributed by atoms with Gasteiger partial charge in [-0.3, -0.25) is 0 Å². The number of hydrogen-bond acceptors (Lipinski definition) is 3. The third kappa shape index (κ3) is 6.28. The van der Waals surface area contributed by atoms with Crippen LogP contribution in [0.1, 0.15) is 47.9 Å². The van der Waals surface area contributed by atoms with Crippen molar-refractivity contribution in [3.63, 3.8) is 0 Å². The topological polar surface area (TPSA) is 60.7 Å². The van der Waals surface area contributed by atoms with E-state index in [0.717, 1.165) is 19.3 Å². The molecule has 2 aliphatic carbocycles. The van der Waals surface area contributed by atoms with E-state index in [1.807, 2.05) is 24.3 Å². The van der Waals surface area contributed by atoms with Crippen molar-refractivity contribution >= 4 is 0 Å². The lowest BCUT2D eigenvalue weighted by molar-refractivity contribution is 0.462. The van der Waals surface area contributed by atoms with Crippen molar-refractivity contribution in [1.29, 1.82) is 0 Å². The average Bonchev–Trinajstić information content (AvgIpc) is 2.76. The molecule has 0 atom stereocenters. The first-order valence-corrected chi connectivity index (χ1v) is 10.5. The number of rotatable bonds is 0. The van der Waals surface area contributed by atoms with E-state index in [2.05, 4.69) is 6.07 Å². The molecule has 3 aromatic rings. The molecular weight excluding hydrogens is 360 g/mol. The molecule has 0 saturated heterocycles. The highest BCUT2D eigenvalue weighted by Crippen LogP contribution is 2.28. The summed E-state index contributed by atoms with van der Waals surface area (Å²) >= 11 is 0. The zero-order valence-electron chi connectivity index (χ0n) is 16.8. The van der Waals surface area contributed by atoms with E-state index in [4.69, 9.17) is 5.11 Å². The van der Waals surface area contributed by atoms with Gasteiger partial charge in [0.05, 0.1) is 0 Å². The number of para-hydroxylation sites is 1. The summed E-state index contributed by atoms with van der Waals surface area (Å²) in [5.74, 6) is 1.22. The Morgan fingerprint density at radius 2 is 1.14 bits per heavy atom. The Balaban J connectivity index is 0.000000128. The largest absolute Gasteiger partial charge is 0.508 e. The Morgan fingerprint density at radius 3 is 1.79 bits per heavy atom. The van der Waals surface area contributed by atoms with Gasteiger partial charge in [-0.15, -0.1) is 0 Å². The molecule has 0 saturated carbocycles. The fourth-order valence-electron chi connectivity index (χ4n) is 3.91. The first-order chi connectivity index (χ1) is 14.1. The van der Waals surface area contributed by atoms with Crippen molar-refractivity contribution in [2.75, 3.05) is 0 Å². The molecule has 0 fully saturated rings. The molecule has 5 rings (SSSR count). The molecule has 152 valence electrons. The first-order valence-electron chi connectivity index (χ1n) is 10.5. The van der Waals surface area contributed by atoms with Crippen LogP contribution < -0.4 is 0 Å². The molecule has 0 aliphatic heterocycles. The molecule has 0 amide bonds. The maximum absolute atomic E-state index is 9.46. The number of fused-ring (bicyclic) bond motifs is 2. The highest BCUT2D eigenvalue weighted by atomic mass is 16.3. The van der Waals surface area contributed by atoms with Gasteiger partial charge < -0.3 is 15.3 Å². The van der Waals surface area contributed by atoms with Crippen LogP contribution in [0.25, 0.3) is 0 Å². The minimum Gasteiger partial charge on any atom is -0.508 e. The Morgan fingerprint density at radius 1 is 0.483 bits per heavy atom. The van der Waals surface area contributed by atoms with Gasteiger partial charge >= 0.3 is 0 Å². The van der Waals surface area contributed by atoms with E-state index in [0.29, 0.717) is 17.2 Å². The van der Waals surface area contributed by atoms with Gasteiger partial charge in [0.25, 0.3) is 0 Å². The fourth-order valence-corrected chi connectivity index (χ4v) is 3.91. The van der Waals surface area contributed by atoms with Crippen LogP contribution in [0.5, 0.6) is 17.2 Å². The lowest BCUT2D eigenvalue weighted by Crippen LogP contribution is -2.01. The minimum atomic E-state index is 0.322. The van der Waals surface area contributed by atoms with Crippen molar-refractivity contribution in [2.24, 2.45) is 0 Å². The lowest BCUT2D eigenvalue weighted by atomic mass is 9.91. The van der Waals surface area contributed by atoms with E-state index in [1.54, 1.807) is 36.4 Å². The Hall–Kier alpha value is -2.94. The molecule has 0 bridgehead atoms. The summed E-state index contributed by atoms with van der Waals surface area (Å²) in [6, 6.07) is 20.3. The Kier molecular flexibility index (Phi) is 7.57. The van der Waals surface area contributed by atoms with Gasteiger partial charge in [0.1, 0.15) is 17.2 Å². The summed E-state index contributed by atoms with van der Waals surface area (Å²) in [6.45, 7) is 0. The molecule has 3 nitrogen and oxygen atoms in total. The van der Waals surface area contributed by atoms with Gasteiger partial charge in [0.2, 0.25) is 0 Å². The molecular formula is C26H30O3. The molecule has 0 aromatic heterocycles. The van der Waals surface area contributed by atoms with Gasteiger partial charge in [-0.05, 0) is 104 Å². The summed E-state index contributed by atoms with van der Waals surface area (Å²) in [7, 11) is 0. The van der Waals surface area contributed by atoms with Crippen LogP contribution in [-0.2, 0) is 25.7 Å². The van der Waals surface area contributed by atoms with E-state index in [-0.39, 0.29) is 0 Å². The molecule has 0 unspecified atom stereocenters. The van der Waals surface area contributed by atoms with Gasteiger partial charge in [-0.1, -0.05) is 36.4 Å². The second-order valence-corrected chi connectivity index (χ2v) is 7.62. The van der Waals surface area contributed by atoms with Gasteiger partial charge in [-0.2, -0.15) is 0 Å². The predicted octanol–water partition coefficient (Wildman–Crippen LogP) is 5.93. The fraction of sp³-hybridized carbons (Fsp3) is 0.308. The highest BCUT2D eigenvalue weighted by molar-refractivity contribution is 5.40. The van der Waals surface area contributed by atoms with E-state index < -0.39 is 0 Å². The summed E-state index contributed by atoms with van der Waals surface area (Å²) in [5.41, 5.74) is 5.29. The second-order valence-electron chi connectivity index (χ2n) is 7.62. The smallest absolute Gasteiger partial charge is 0.119 e. The van der Waals surface area contributed by atoms with Gasteiger partial charge in [0, 0.05) is 0 Å². The third-order valence-corrected chi connectivity index (χ3v) is 5.46. The number of hydrogen-bond donors (Lipinski definition) is 3. The van der Waals surface area contributed by atoms with Gasteiger partial charge in [0.15, 0.2) is 0 Å². The van der Waals surface area contributed by atoms with Crippen LogP contribution in [0.15, 0.2) is 66.7 Å². The summed E-state index contributed by atoms with van der Waals surface area (Å²) in [4.78, 5) is 0. The summed E-state index contributed by atoms with van der Waals surface area (Å²) in [5, 5.41) is 27.3. The Bertz CT molecular complexity index is 901. The van der Waals surface area contributed by atoms with E-state index in [1.165, 1.54) is 54.4 Å². The zero-order chi connectivity index (χ0) is 20.5. The van der Waals surface area contributed by atoms with E-state index >= 15 is 0 Å². The van der Waals surface area contributed by atoms with Gasteiger partial charge in [-0.25, -0.2) is 0 Å².